The highest BCUT2D eigenvalue weighted by molar-refractivity contribution is 5.69. The lowest BCUT2D eigenvalue weighted by molar-refractivity contribution is 1.02. The summed E-state index contributed by atoms with van der Waals surface area (Å²) in [4.78, 5) is 4.57. The van der Waals surface area contributed by atoms with Gasteiger partial charge in [-0.1, -0.05) is 85.0 Å². The summed E-state index contributed by atoms with van der Waals surface area (Å²) >= 11 is 0. The van der Waals surface area contributed by atoms with Crippen LogP contribution in [-0.4, -0.2) is 13.6 Å². The number of allylic oxidation sites excluding steroid dienone is 8. The van der Waals surface area contributed by atoms with Crippen molar-refractivity contribution in [2.45, 2.75) is 19.8 Å². The van der Waals surface area contributed by atoms with Gasteiger partial charge in [0.15, 0.2) is 0 Å². The Labute approximate surface area is 210 Å². The Morgan fingerprint density at radius 3 is 2.09 bits per heavy atom. The van der Waals surface area contributed by atoms with Gasteiger partial charge in [-0.05, 0) is 79.4 Å². The molecule has 0 aromatic heterocycles. The number of anilines is 4. The third-order valence-electron chi connectivity index (χ3n) is 6.27. The van der Waals surface area contributed by atoms with E-state index < -0.39 is 0 Å². The minimum Gasteiger partial charge on any atom is -0.345 e. The first kappa shape index (κ1) is 24.1. The molecule has 0 aliphatic heterocycles. The molecule has 3 aromatic rings. The molecule has 35 heavy (non-hydrogen) atoms. The lowest BCUT2D eigenvalue weighted by Gasteiger charge is -2.26. The lowest BCUT2D eigenvalue weighted by Crippen LogP contribution is -2.17. The van der Waals surface area contributed by atoms with Gasteiger partial charge in [0.1, 0.15) is 0 Å². The van der Waals surface area contributed by atoms with Gasteiger partial charge in [-0.3, -0.25) is 0 Å². The molecule has 1 aliphatic carbocycles. The normalized spacial score (nSPS) is 13.5. The Kier molecular flexibility index (Phi) is 8.19. The summed E-state index contributed by atoms with van der Waals surface area (Å²) in [6.07, 6.45) is 17.3. The molecule has 0 saturated heterocycles. The van der Waals surface area contributed by atoms with Gasteiger partial charge in [-0.15, -0.1) is 0 Å². The van der Waals surface area contributed by atoms with Crippen LogP contribution in [0.3, 0.4) is 0 Å². The molecule has 176 valence electrons. The molecule has 0 unspecified atom stereocenters. The average Bonchev–Trinajstić information content (AvgIpc) is 2.92. The zero-order valence-corrected chi connectivity index (χ0v) is 20.8. The summed E-state index contributed by atoms with van der Waals surface area (Å²) in [5, 5.41) is 0. The van der Waals surface area contributed by atoms with Crippen molar-refractivity contribution in [2.24, 2.45) is 0 Å². The van der Waals surface area contributed by atoms with Crippen LogP contribution in [-0.2, 0) is 0 Å². The number of para-hydroxylation sites is 1. The van der Waals surface area contributed by atoms with Crippen molar-refractivity contribution < 1.29 is 0 Å². The molecule has 0 N–H and O–H groups in total. The molecule has 2 heteroatoms. The van der Waals surface area contributed by atoms with Crippen LogP contribution in [0.4, 0.5) is 22.7 Å². The van der Waals surface area contributed by atoms with Crippen LogP contribution in [0.15, 0.2) is 139 Å². The summed E-state index contributed by atoms with van der Waals surface area (Å²) in [6, 6.07) is 28.0. The maximum atomic E-state index is 3.85. The minimum absolute atomic E-state index is 0.763. The van der Waals surface area contributed by atoms with Crippen molar-refractivity contribution in [1.29, 1.82) is 0 Å². The third kappa shape index (κ3) is 6.30. The molecule has 4 rings (SSSR count). The van der Waals surface area contributed by atoms with Gasteiger partial charge in [-0.25, -0.2) is 0 Å². The lowest BCUT2D eigenvalue weighted by atomic mass is 9.98. The number of benzene rings is 3. The smallest absolute Gasteiger partial charge is 0.0420 e. The van der Waals surface area contributed by atoms with Crippen molar-refractivity contribution in [1.82, 2.24) is 0 Å². The van der Waals surface area contributed by atoms with Crippen LogP contribution < -0.4 is 9.80 Å². The van der Waals surface area contributed by atoms with Crippen LogP contribution in [0.1, 0.15) is 18.4 Å². The number of aryl methyl sites for hydroxylation is 1. The number of hydrogen-bond acceptors (Lipinski definition) is 2. The fraction of sp³-hybridized carbons (Fsp3) is 0.152. The molecular weight excluding hydrogens is 424 g/mol. The standard InChI is InChI=1S/C33H34N2/c1-4-5-12-29(28-13-8-6-9-14-28)25-26-35(32-15-10-7-11-16-32)33-23-21-31(22-24-33)34(3)30-19-17-27(2)18-20-30/h4-5,7-8,10-25H,1,6,9,26H2,2-3H3/b12-5-,29-25+. The van der Waals surface area contributed by atoms with Gasteiger partial charge in [-0.2, -0.15) is 0 Å². The molecule has 0 amide bonds. The van der Waals surface area contributed by atoms with E-state index in [1.165, 1.54) is 28.1 Å². The summed E-state index contributed by atoms with van der Waals surface area (Å²) in [7, 11) is 2.11. The molecule has 0 fully saturated rings. The second-order valence-electron chi connectivity index (χ2n) is 8.75. The predicted octanol–water partition coefficient (Wildman–Crippen LogP) is 8.85. The molecule has 0 radical (unpaired) electrons. The highest BCUT2D eigenvalue weighted by atomic mass is 15.1. The Bertz CT molecular complexity index is 1230. The molecular formula is C33H34N2. The van der Waals surface area contributed by atoms with Gasteiger partial charge in [0.25, 0.3) is 0 Å². The van der Waals surface area contributed by atoms with Crippen molar-refractivity contribution in [3.63, 3.8) is 0 Å². The van der Waals surface area contributed by atoms with E-state index in [4.69, 9.17) is 0 Å². The second-order valence-corrected chi connectivity index (χ2v) is 8.75. The highest BCUT2D eigenvalue weighted by Gasteiger charge is 2.11. The van der Waals surface area contributed by atoms with Crippen LogP contribution in [0.2, 0.25) is 0 Å². The second kappa shape index (κ2) is 11.9. The molecule has 0 atom stereocenters. The first-order valence-electron chi connectivity index (χ1n) is 12.2. The fourth-order valence-corrected chi connectivity index (χ4v) is 4.21. The molecule has 2 nitrogen and oxygen atoms in total. The predicted molar refractivity (Wildman–Crippen MR) is 153 cm³/mol. The molecule has 1 aliphatic rings. The average molecular weight is 459 g/mol. The third-order valence-corrected chi connectivity index (χ3v) is 6.27. The van der Waals surface area contributed by atoms with Crippen LogP contribution in [0, 0.1) is 6.92 Å². The molecule has 3 aromatic carbocycles. The van der Waals surface area contributed by atoms with E-state index in [1.807, 2.05) is 12.2 Å². The van der Waals surface area contributed by atoms with Crippen LogP contribution in [0.25, 0.3) is 0 Å². The summed E-state index contributed by atoms with van der Waals surface area (Å²) in [6.45, 7) is 6.73. The summed E-state index contributed by atoms with van der Waals surface area (Å²) < 4.78 is 0. The minimum atomic E-state index is 0.763. The zero-order chi connectivity index (χ0) is 24.5. The quantitative estimate of drug-likeness (QED) is 0.295. The number of nitrogens with zero attached hydrogens (tertiary/aromatic N) is 2. The van der Waals surface area contributed by atoms with Crippen molar-refractivity contribution >= 4 is 22.7 Å². The number of hydrogen-bond donors (Lipinski definition) is 0. The Morgan fingerprint density at radius 2 is 1.46 bits per heavy atom. The van der Waals surface area contributed by atoms with E-state index in [0.717, 1.165) is 30.8 Å². The maximum Gasteiger partial charge on any atom is 0.0420 e. The van der Waals surface area contributed by atoms with Gasteiger partial charge >= 0.3 is 0 Å². The Morgan fingerprint density at radius 1 is 0.829 bits per heavy atom. The summed E-state index contributed by atoms with van der Waals surface area (Å²) in [5.41, 5.74) is 8.44. The monoisotopic (exact) mass is 458 g/mol. The Balaban J connectivity index is 1.63. The largest absolute Gasteiger partial charge is 0.345 e. The fourth-order valence-electron chi connectivity index (χ4n) is 4.21. The first-order valence-corrected chi connectivity index (χ1v) is 12.2. The van der Waals surface area contributed by atoms with Gasteiger partial charge < -0.3 is 9.80 Å². The van der Waals surface area contributed by atoms with Gasteiger partial charge in [0, 0.05) is 36.3 Å². The van der Waals surface area contributed by atoms with Crippen molar-refractivity contribution in [3.05, 3.63) is 145 Å². The van der Waals surface area contributed by atoms with E-state index in [1.54, 1.807) is 0 Å². The van der Waals surface area contributed by atoms with Crippen LogP contribution in [0.5, 0.6) is 0 Å². The van der Waals surface area contributed by atoms with Crippen LogP contribution >= 0.6 is 0 Å². The van der Waals surface area contributed by atoms with Crippen molar-refractivity contribution in [2.75, 3.05) is 23.4 Å². The molecule has 0 heterocycles. The highest BCUT2D eigenvalue weighted by Crippen LogP contribution is 2.30. The van der Waals surface area contributed by atoms with E-state index in [9.17, 15) is 0 Å². The topological polar surface area (TPSA) is 6.48 Å². The van der Waals surface area contributed by atoms with Crippen molar-refractivity contribution in [3.8, 4) is 0 Å². The molecule has 0 bridgehead atoms. The first-order chi connectivity index (χ1) is 17.2. The van der Waals surface area contributed by atoms with Gasteiger partial charge in [0.2, 0.25) is 0 Å². The van der Waals surface area contributed by atoms with E-state index in [2.05, 4.69) is 140 Å². The van der Waals surface area contributed by atoms with Gasteiger partial charge in [0.05, 0.1) is 0 Å². The molecule has 0 spiro atoms. The zero-order valence-electron chi connectivity index (χ0n) is 20.8. The summed E-state index contributed by atoms with van der Waals surface area (Å²) in [5.74, 6) is 0. The Hall–Kier alpha value is -4.04. The van der Waals surface area contributed by atoms with E-state index in [0.29, 0.717) is 0 Å². The van der Waals surface area contributed by atoms with E-state index >= 15 is 0 Å². The number of rotatable bonds is 9. The maximum absolute atomic E-state index is 3.85. The van der Waals surface area contributed by atoms with E-state index in [-0.39, 0.29) is 0 Å². The molecule has 0 saturated carbocycles. The SMILES string of the molecule is C=C/C=C\C(=C/CN(c1ccccc1)c1ccc(N(C)c2ccc(C)cc2)cc1)C1=CCCC=C1.